The molecule has 0 saturated heterocycles. The number of carboxylic acid groups (broad SMARTS) is 1. The molecule has 7 nitrogen and oxygen atoms in total. The summed E-state index contributed by atoms with van der Waals surface area (Å²) in [6.45, 7) is 3.23. The Hall–Kier alpha value is -2.65. The van der Waals surface area contributed by atoms with Crippen molar-refractivity contribution < 1.29 is 27.9 Å². The van der Waals surface area contributed by atoms with Gasteiger partial charge in [-0.1, -0.05) is 6.58 Å². The van der Waals surface area contributed by atoms with Gasteiger partial charge in [0.1, 0.15) is 17.7 Å². The number of hydrogen-bond acceptors (Lipinski definition) is 5. The average molecular weight is 346 g/mol. The summed E-state index contributed by atoms with van der Waals surface area (Å²) in [6, 6.07) is 0. The predicted molar refractivity (Wildman–Crippen MR) is 80.8 cm³/mol. The molecule has 0 aromatic heterocycles. The number of amidine groups is 1. The van der Waals surface area contributed by atoms with Crippen LogP contribution >= 0.6 is 0 Å². The Labute approximate surface area is 135 Å². The molecule has 0 aromatic carbocycles. The molecule has 0 heterocycles. The van der Waals surface area contributed by atoms with Gasteiger partial charge < -0.3 is 15.6 Å². The van der Waals surface area contributed by atoms with Gasteiger partial charge in [-0.25, -0.2) is 9.79 Å². The summed E-state index contributed by atoms with van der Waals surface area (Å²) in [4.78, 5) is 25.9. The topological polar surface area (TPSA) is 120 Å². The van der Waals surface area contributed by atoms with E-state index in [2.05, 4.69) is 11.6 Å². The minimum Gasteiger partial charge on any atom is -0.465 e. The summed E-state index contributed by atoms with van der Waals surface area (Å²) >= 11 is 0. The molecule has 4 N–H and O–H groups in total. The summed E-state index contributed by atoms with van der Waals surface area (Å²) in [5.74, 6) is -0.806. The van der Waals surface area contributed by atoms with Crippen LogP contribution in [0.2, 0.25) is 0 Å². The van der Waals surface area contributed by atoms with Gasteiger partial charge in [-0.2, -0.15) is 13.2 Å². The minimum atomic E-state index is -4.85. The highest BCUT2D eigenvalue weighted by Gasteiger charge is 2.33. The van der Waals surface area contributed by atoms with E-state index in [4.69, 9.17) is 16.2 Å². The zero-order chi connectivity index (χ0) is 18.5. The van der Waals surface area contributed by atoms with Crippen molar-refractivity contribution in [1.82, 2.24) is 4.90 Å². The molecule has 0 aromatic rings. The van der Waals surface area contributed by atoms with Crippen molar-refractivity contribution in [3.8, 4) is 0 Å². The second kappa shape index (κ2) is 7.75. The standard InChI is InChI=1S/C14H17F3N4O3/c1-8(9-3-4-9)20-10(7-11(18)14(15,16)17)12(19)21(13(23)24)5-2-6-22/h6-7,9,19H,1-5,18H2,(H,23,24)/b11-7-,19-12?,20-10?. The fourth-order valence-corrected chi connectivity index (χ4v) is 1.67. The lowest BCUT2D eigenvalue weighted by Gasteiger charge is -2.19. The van der Waals surface area contributed by atoms with Crippen LogP contribution in [0, 0.1) is 11.3 Å². The lowest BCUT2D eigenvalue weighted by atomic mass is 10.2. The molecule has 0 unspecified atom stereocenters. The molecule has 1 saturated carbocycles. The number of amides is 1. The number of alkyl halides is 3. The molecular formula is C14H17F3N4O3. The molecule has 1 aliphatic rings. The number of hydrogen-bond donors (Lipinski definition) is 3. The number of halogens is 3. The molecule has 0 spiro atoms. The van der Waals surface area contributed by atoms with Crippen LogP contribution in [-0.4, -0.2) is 46.7 Å². The Kier molecular flexibility index (Phi) is 6.27. The van der Waals surface area contributed by atoms with Gasteiger partial charge in [0.25, 0.3) is 0 Å². The summed E-state index contributed by atoms with van der Waals surface area (Å²) in [7, 11) is 0. The van der Waals surface area contributed by atoms with Gasteiger partial charge in [0.05, 0.1) is 0 Å². The number of aldehydes is 1. The Morgan fingerprint density at radius 2 is 2.04 bits per heavy atom. The number of nitrogens with zero attached hydrogens (tertiary/aromatic N) is 2. The van der Waals surface area contributed by atoms with E-state index in [1.807, 2.05) is 0 Å². The van der Waals surface area contributed by atoms with Crippen LogP contribution in [0.3, 0.4) is 0 Å². The lowest BCUT2D eigenvalue weighted by Crippen LogP contribution is -2.40. The van der Waals surface area contributed by atoms with Crippen molar-refractivity contribution in [1.29, 1.82) is 5.41 Å². The van der Waals surface area contributed by atoms with Gasteiger partial charge in [-0.3, -0.25) is 10.3 Å². The molecule has 0 atom stereocenters. The highest BCUT2D eigenvalue weighted by molar-refractivity contribution is 6.46. The van der Waals surface area contributed by atoms with E-state index in [9.17, 15) is 22.8 Å². The SMILES string of the molecule is C=C(N=C(/C=C(\N)C(F)(F)F)C(=N)N(CCC=O)C(=O)O)C1CC1. The van der Waals surface area contributed by atoms with Crippen molar-refractivity contribution >= 4 is 23.9 Å². The Morgan fingerprint density at radius 1 is 1.46 bits per heavy atom. The van der Waals surface area contributed by atoms with Gasteiger partial charge in [-0.15, -0.1) is 0 Å². The van der Waals surface area contributed by atoms with Crippen molar-refractivity contribution in [2.75, 3.05) is 6.54 Å². The highest BCUT2D eigenvalue weighted by atomic mass is 19.4. The van der Waals surface area contributed by atoms with Gasteiger partial charge in [0.2, 0.25) is 0 Å². The molecule has 1 rings (SSSR count). The number of nitrogens with two attached hydrogens (primary N) is 1. The molecule has 1 amide bonds. The molecule has 132 valence electrons. The molecule has 0 radical (unpaired) electrons. The zero-order valence-corrected chi connectivity index (χ0v) is 12.6. The summed E-state index contributed by atoms with van der Waals surface area (Å²) in [5.41, 5.74) is 3.10. The first-order valence-corrected chi connectivity index (χ1v) is 6.92. The fourth-order valence-electron chi connectivity index (χ4n) is 1.67. The third-order valence-electron chi connectivity index (χ3n) is 3.15. The van der Waals surface area contributed by atoms with Crippen LogP contribution in [-0.2, 0) is 4.79 Å². The van der Waals surface area contributed by atoms with Crippen molar-refractivity contribution in [3.05, 3.63) is 24.0 Å². The predicted octanol–water partition coefficient (Wildman–Crippen LogP) is 2.30. The largest absolute Gasteiger partial charge is 0.465 e. The number of allylic oxidation sites excluding steroid dienone is 2. The summed E-state index contributed by atoms with van der Waals surface area (Å²) in [6.07, 6.45) is -4.28. The van der Waals surface area contributed by atoms with E-state index >= 15 is 0 Å². The second-order valence-corrected chi connectivity index (χ2v) is 5.10. The van der Waals surface area contributed by atoms with Crippen LogP contribution in [0.5, 0.6) is 0 Å². The van der Waals surface area contributed by atoms with Crippen molar-refractivity contribution in [3.63, 3.8) is 0 Å². The van der Waals surface area contributed by atoms with Gasteiger partial charge in [0.15, 0.2) is 5.84 Å². The molecule has 24 heavy (non-hydrogen) atoms. The maximum absolute atomic E-state index is 12.6. The van der Waals surface area contributed by atoms with E-state index in [1.165, 1.54) is 0 Å². The second-order valence-electron chi connectivity index (χ2n) is 5.10. The average Bonchev–Trinajstić information content (AvgIpc) is 3.29. The molecule has 10 heteroatoms. The molecule has 0 bridgehead atoms. The molecule has 0 aliphatic heterocycles. The van der Waals surface area contributed by atoms with Crippen LogP contribution in [0.25, 0.3) is 0 Å². The highest BCUT2D eigenvalue weighted by Crippen LogP contribution is 2.36. The van der Waals surface area contributed by atoms with E-state index in [0.717, 1.165) is 12.8 Å². The van der Waals surface area contributed by atoms with Crippen molar-refractivity contribution in [2.24, 2.45) is 16.6 Å². The van der Waals surface area contributed by atoms with E-state index in [1.54, 1.807) is 0 Å². The number of carbonyl (C=O) groups excluding carboxylic acids is 1. The van der Waals surface area contributed by atoms with Gasteiger partial charge >= 0.3 is 12.3 Å². The third kappa shape index (κ3) is 5.52. The number of aliphatic imine (C=N–C) groups is 1. The Bertz CT molecular complexity index is 607. The smallest absolute Gasteiger partial charge is 0.430 e. The quantitative estimate of drug-likeness (QED) is 0.372. The minimum absolute atomic E-state index is 0.00145. The monoisotopic (exact) mass is 346 g/mol. The summed E-state index contributed by atoms with van der Waals surface area (Å²) in [5, 5.41) is 16.9. The number of nitrogens with one attached hydrogen (secondary N) is 1. The number of carbonyl (C=O) groups is 2. The van der Waals surface area contributed by atoms with Crippen LogP contribution in [0.1, 0.15) is 19.3 Å². The zero-order valence-electron chi connectivity index (χ0n) is 12.6. The lowest BCUT2D eigenvalue weighted by molar-refractivity contribution is -0.107. The molecule has 1 aliphatic carbocycles. The third-order valence-corrected chi connectivity index (χ3v) is 3.15. The molecular weight excluding hydrogens is 329 g/mol. The summed E-state index contributed by atoms with van der Waals surface area (Å²) < 4.78 is 37.9. The van der Waals surface area contributed by atoms with Crippen LogP contribution < -0.4 is 5.73 Å². The first-order valence-electron chi connectivity index (χ1n) is 6.92. The van der Waals surface area contributed by atoms with Crippen LogP contribution in [0.4, 0.5) is 18.0 Å². The fraction of sp³-hybridized carbons (Fsp3) is 0.429. The Balaban J connectivity index is 3.19. The maximum Gasteiger partial charge on any atom is 0.430 e. The maximum atomic E-state index is 12.6. The van der Waals surface area contributed by atoms with E-state index in [-0.39, 0.29) is 24.6 Å². The van der Waals surface area contributed by atoms with E-state index in [0.29, 0.717) is 17.3 Å². The first kappa shape index (κ1) is 19.4. The van der Waals surface area contributed by atoms with Gasteiger partial charge in [0, 0.05) is 24.6 Å². The van der Waals surface area contributed by atoms with Gasteiger partial charge in [-0.05, 0) is 18.9 Å². The molecule has 1 fully saturated rings. The van der Waals surface area contributed by atoms with E-state index < -0.39 is 29.5 Å². The van der Waals surface area contributed by atoms with Crippen LogP contribution in [0.15, 0.2) is 29.0 Å². The number of rotatable bonds is 7. The Morgan fingerprint density at radius 3 is 2.46 bits per heavy atom. The van der Waals surface area contributed by atoms with Crippen molar-refractivity contribution in [2.45, 2.75) is 25.4 Å². The first-order chi connectivity index (χ1) is 11.1. The normalized spacial score (nSPS) is 15.8.